The van der Waals surface area contributed by atoms with Crippen molar-refractivity contribution in [3.8, 4) is 0 Å². The lowest BCUT2D eigenvalue weighted by atomic mass is 10.4. The van der Waals surface area contributed by atoms with E-state index in [1.165, 1.54) is 21.8 Å². The molecule has 0 radical (unpaired) electrons. The summed E-state index contributed by atoms with van der Waals surface area (Å²) in [5.74, 6) is -0.985. The van der Waals surface area contributed by atoms with E-state index >= 15 is 0 Å². The number of aromatic nitrogens is 4. The third-order valence-corrected chi connectivity index (χ3v) is 3.05. The lowest BCUT2D eigenvalue weighted by Gasteiger charge is -1.96. The fourth-order valence-electron chi connectivity index (χ4n) is 1.52. The monoisotopic (exact) mass is 342 g/mol. The van der Waals surface area contributed by atoms with Gasteiger partial charge in [0.2, 0.25) is 5.95 Å². The number of hydrazone groups is 1. The van der Waals surface area contributed by atoms with Crippen molar-refractivity contribution in [1.29, 1.82) is 0 Å². The minimum absolute atomic E-state index is 0.201. The van der Waals surface area contributed by atoms with E-state index in [4.69, 9.17) is 0 Å². The molecule has 9 heteroatoms. The van der Waals surface area contributed by atoms with Gasteiger partial charge < -0.3 is 0 Å². The largest absolute Gasteiger partial charge is 0.293 e. The average molecular weight is 343 g/mol. The van der Waals surface area contributed by atoms with Gasteiger partial charge in [-0.1, -0.05) is 0 Å². The number of carbonyl (C=O) groups excluding carboxylic acids is 1. The maximum Gasteiger partial charge on any atom is 0.293 e. The predicted molar refractivity (Wildman–Crippen MR) is 73.8 cm³/mol. The Morgan fingerprint density at radius 2 is 2.40 bits per heavy atom. The van der Waals surface area contributed by atoms with Gasteiger partial charge in [0, 0.05) is 19.8 Å². The number of carbonyl (C=O) groups is 1. The molecule has 7 nitrogen and oxygen atoms in total. The molecule has 0 aliphatic carbocycles. The fraction of sp³-hybridized carbons (Fsp3) is 0.273. The first-order chi connectivity index (χ1) is 9.52. The zero-order chi connectivity index (χ0) is 14.7. The molecule has 1 amide bonds. The Bertz CT molecular complexity index is 662. The smallest absolute Gasteiger partial charge is 0.274 e. The molecule has 0 bridgehead atoms. The fourth-order valence-corrected chi connectivity index (χ4v) is 2.07. The van der Waals surface area contributed by atoms with E-state index in [1.54, 1.807) is 20.2 Å². The second-order valence-electron chi connectivity index (χ2n) is 3.90. The van der Waals surface area contributed by atoms with Crippen LogP contribution in [0.15, 0.2) is 22.0 Å². The standard InChI is InChI=1S/C11H12BrFN6O/c1-3-19-10(13)7(5-15-19)4-14-16-11(20)9-8(12)6-18(2)17-9/h4-6H,3H2,1-2H3,(H,16,20). The van der Waals surface area contributed by atoms with Crippen molar-refractivity contribution in [1.82, 2.24) is 25.0 Å². The Balaban J connectivity index is 2.04. The summed E-state index contributed by atoms with van der Waals surface area (Å²) in [5.41, 5.74) is 2.68. The molecule has 1 N–H and O–H groups in total. The van der Waals surface area contributed by atoms with Gasteiger partial charge in [-0.2, -0.15) is 19.7 Å². The van der Waals surface area contributed by atoms with Gasteiger partial charge in [-0.3, -0.25) is 9.48 Å². The summed E-state index contributed by atoms with van der Waals surface area (Å²) in [4.78, 5) is 11.8. The maximum atomic E-state index is 13.6. The lowest BCUT2D eigenvalue weighted by Crippen LogP contribution is -2.19. The third kappa shape index (κ3) is 2.93. The highest BCUT2D eigenvalue weighted by atomic mass is 79.9. The number of nitrogens with zero attached hydrogens (tertiary/aromatic N) is 5. The number of amides is 1. The van der Waals surface area contributed by atoms with Crippen molar-refractivity contribution in [2.45, 2.75) is 13.5 Å². The molecule has 0 aliphatic heterocycles. The second kappa shape index (κ2) is 5.95. The second-order valence-corrected chi connectivity index (χ2v) is 4.76. The van der Waals surface area contributed by atoms with Gasteiger partial charge in [0.05, 0.1) is 22.4 Å². The molecule has 0 unspecified atom stereocenters. The zero-order valence-electron chi connectivity index (χ0n) is 10.8. The van der Waals surface area contributed by atoms with Crippen LogP contribution in [0.5, 0.6) is 0 Å². The number of rotatable bonds is 4. The Morgan fingerprint density at radius 1 is 1.65 bits per heavy atom. The first-order valence-electron chi connectivity index (χ1n) is 5.76. The van der Waals surface area contributed by atoms with Crippen LogP contribution in [-0.2, 0) is 13.6 Å². The van der Waals surface area contributed by atoms with Gasteiger partial charge in [-0.05, 0) is 22.9 Å². The lowest BCUT2D eigenvalue weighted by molar-refractivity contribution is 0.0948. The number of halogens is 2. The average Bonchev–Trinajstić information content (AvgIpc) is 2.93. The molecule has 0 saturated carbocycles. The maximum absolute atomic E-state index is 13.6. The molecule has 0 aliphatic rings. The molecular weight excluding hydrogens is 331 g/mol. The zero-order valence-corrected chi connectivity index (χ0v) is 12.4. The van der Waals surface area contributed by atoms with E-state index in [-0.39, 0.29) is 11.3 Å². The first-order valence-corrected chi connectivity index (χ1v) is 6.56. The van der Waals surface area contributed by atoms with Gasteiger partial charge in [-0.25, -0.2) is 10.1 Å². The molecule has 0 saturated heterocycles. The van der Waals surface area contributed by atoms with Crippen LogP contribution in [0.3, 0.4) is 0 Å². The van der Waals surface area contributed by atoms with Crippen molar-refractivity contribution >= 4 is 28.1 Å². The molecule has 2 rings (SSSR count). The minimum Gasteiger partial charge on any atom is -0.274 e. The van der Waals surface area contributed by atoms with Crippen LogP contribution in [0, 0.1) is 5.95 Å². The van der Waals surface area contributed by atoms with E-state index in [9.17, 15) is 9.18 Å². The summed E-state index contributed by atoms with van der Waals surface area (Å²) >= 11 is 3.21. The van der Waals surface area contributed by atoms with Crippen LogP contribution in [-0.4, -0.2) is 31.7 Å². The summed E-state index contributed by atoms with van der Waals surface area (Å²) in [6.45, 7) is 2.20. The molecular formula is C11H12BrFN6O. The van der Waals surface area contributed by atoms with Crippen LogP contribution in [0.2, 0.25) is 0 Å². The SMILES string of the molecule is CCn1ncc(C=NNC(=O)c2nn(C)cc2Br)c1F. The molecule has 2 heterocycles. The Morgan fingerprint density at radius 3 is 2.95 bits per heavy atom. The van der Waals surface area contributed by atoms with Gasteiger partial charge in [0.15, 0.2) is 5.69 Å². The number of hydrogen-bond acceptors (Lipinski definition) is 4. The summed E-state index contributed by atoms with van der Waals surface area (Å²) < 4.78 is 16.9. The highest BCUT2D eigenvalue weighted by molar-refractivity contribution is 9.10. The van der Waals surface area contributed by atoms with E-state index < -0.39 is 11.9 Å². The number of hydrogen-bond donors (Lipinski definition) is 1. The molecule has 2 aromatic heterocycles. The van der Waals surface area contributed by atoms with Crippen molar-refractivity contribution < 1.29 is 9.18 Å². The predicted octanol–water partition coefficient (Wildman–Crippen LogP) is 1.30. The molecule has 20 heavy (non-hydrogen) atoms. The van der Waals surface area contributed by atoms with Gasteiger partial charge in [0.25, 0.3) is 5.91 Å². The highest BCUT2D eigenvalue weighted by Crippen LogP contribution is 2.13. The molecule has 0 spiro atoms. The van der Waals surface area contributed by atoms with E-state index in [0.717, 1.165) is 0 Å². The van der Waals surface area contributed by atoms with Crippen molar-refractivity contribution in [2.75, 3.05) is 0 Å². The molecule has 0 atom stereocenters. The normalized spacial score (nSPS) is 11.2. The summed E-state index contributed by atoms with van der Waals surface area (Å²) in [7, 11) is 1.69. The molecule has 2 aromatic rings. The van der Waals surface area contributed by atoms with E-state index in [2.05, 4.69) is 36.7 Å². The Hall–Kier alpha value is -2.03. The first kappa shape index (κ1) is 14.4. The van der Waals surface area contributed by atoms with Gasteiger partial charge in [0.1, 0.15) is 0 Å². The van der Waals surface area contributed by atoms with Crippen LogP contribution in [0.1, 0.15) is 23.0 Å². The van der Waals surface area contributed by atoms with Crippen LogP contribution >= 0.6 is 15.9 Å². The molecule has 0 aromatic carbocycles. The topological polar surface area (TPSA) is 77.1 Å². The molecule has 106 valence electrons. The van der Waals surface area contributed by atoms with Crippen LogP contribution in [0.4, 0.5) is 4.39 Å². The minimum atomic E-state index is -0.496. The van der Waals surface area contributed by atoms with Crippen molar-refractivity contribution in [3.05, 3.63) is 34.1 Å². The summed E-state index contributed by atoms with van der Waals surface area (Å²) in [6, 6.07) is 0. The van der Waals surface area contributed by atoms with Gasteiger partial charge in [-0.15, -0.1) is 0 Å². The Labute approximate surface area is 122 Å². The van der Waals surface area contributed by atoms with E-state index in [0.29, 0.717) is 11.0 Å². The quantitative estimate of drug-likeness (QED) is 0.672. The molecule has 0 fully saturated rings. The number of nitrogens with one attached hydrogen (secondary N) is 1. The van der Waals surface area contributed by atoms with Crippen molar-refractivity contribution in [3.63, 3.8) is 0 Å². The van der Waals surface area contributed by atoms with Crippen LogP contribution in [0.25, 0.3) is 0 Å². The Kier molecular flexibility index (Phi) is 4.28. The third-order valence-electron chi connectivity index (χ3n) is 2.47. The highest BCUT2D eigenvalue weighted by Gasteiger charge is 2.13. The van der Waals surface area contributed by atoms with E-state index in [1.807, 2.05) is 0 Å². The number of aryl methyl sites for hydroxylation is 2. The summed E-state index contributed by atoms with van der Waals surface area (Å²) in [6.07, 6.45) is 4.18. The summed E-state index contributed by atoms with van der Waals surface area (Å²) in [5, 5.41) is 11.5. The van der Waals surface area contributed by atoms with Crippen LogP contribution < -0.4 is 5.43 Å². The van der Waals surface area contributed by atoms with Crippen molar-refractivity contribution in [2.24, 2.45) is 12.1 Å². The van der Waals surface area contributed by atoms with Gasteiger partial charge >= 0.3 is 0 Å².